The third-order valence-electron chi connectivity index (χ3n) is 2.47. The Bertz CT molecular complexity index is 474. The van der Waals surface area contributed by atoms with E-state index in [4.69, 9.17) is 9.47 Å². The minimum atomic E-state index is -0.437. The zero-order chi connectivity index (χ0) is 14.4. The number of hydrogen-bond acceptors (Lipinski definition) is 5. The summed E-state index contributed by atoms with van der Waals surface area (Å²) in [5.74, 6) is 2.06. The van der Waals surface area contributed by atoms with Crippen LogP contribution in [0.2, 0.25) is 0 Å². The van der Waals surface area contributed by atoms with Crippen molar-refractivity contribution in [3.63, 3.8) is 0 Å². The molecule has 0 fully saturated rings. The number of nitrogens with zero attached hydrogens (tertiary/aromatic N) is 1. The molecule has 19 heavy (non-hydrogen) atoms. The van der Waals surface area contributed by atoms with Gasteiger partial charge in [-0.05, 0) is 17.9 Å². The second kappa shape index (κ2) is 7.04. The normalized spacial score (nSPS) is 11.3. The van der Waals surface area contributed by atoms with Gasteiger partial charge in [-0.1, -0.05) is 6.92 Å². The van der Waals surface area contributed by atoms with Crippen LogP contribution in [0, 0.1) is 10.1 Å². The molecule has 5 nitrogen and oxygen atoms in total. The molecule has 0 saturated carbocycles. The van der Waals surface area contributed by atoms with Crippen molar-refractivity contribution in [3.8, 4) is 11.5 Å². The van der Waals surface area contributed by atoms with E-state index in [1.54, 1.807) is 11.8 Å². The topological polar surface area (TPSA) is 61.6 Å². The predicted octanol–water partition coefficient (Wildman–Crippen LogP) is 3.45. The van der Waals surface area contributed by atoms with Crippen LogP contribution in [-0.2, 0) is 0 Å². The molecule has 0 saturated heterocycles. The molecule has 6 heteroatoms. The highest BCUT2D eigenvalue weighted by Crippen LogP contribution is 2.36. The molecule has 0 aliphatic heterocycles. The Morgan fingerprint density at radius 3 is 2.26 bits per heavy atom. The summed E-state index contributed by atoms with van der Waals surface area (Å²) in [6.07, 6.45) is 1.46. The van der Waals surface area contributed by atoms with E-state index in [0.717, 1.165) is 10.6 Å². The Labute approximate surface area is 116 Å². The molecule has 0 N–H and O–H groups in total. The zero-order valence-corrected chi connectivity index (χ0v) is 12.2. The van der Waals surface area contributed by atoms with Crippen LogP contribution in [0.25, 0.3) is 6.08 Å². The highest BCUT2D eigenvalue weighted by Gasteiger charge is 2.14. The summed E-state index contributed by atoms with van der Waals surface area (Å²) in [6.45, 7) is 3.49. The fourth-order valence-electron chi connectivity index (χ4n) is 1.57. The SMILES string of the molecule is CCSc1cc(OC)c(C=C(C)[N+](=O)[O-])c(OC)c1. The molecule has 0 bridgehead atoms. The average molecular weight is 283 g/mol. The van der Waals surface area contributed by atoms with Crippen molar-refractivity contribution in [2.75, 3.05) is 20.0 Å². The number of rotatable bonds is 6. The minimum absolute atomic E-state index is 0.0347. The molecule has 0 aliphatic carbocycles. The van der Waals surface area contributed by atoms with E-state index in [9.17, 15) is 10.1 Å². The van der Waals surface area contributed by atoms with Gasteiger partial charge in [0.25, 0.3) is 0 Å². The number of methoxy groups -OCH3 is 2. The van der Waals surface area contributed by atoms with Crippen molar-refractivity contribution in [3.05, 3.63) is 33.5 Å². The molecule has 0 aliphatic rings. The maximum atomic E-state index is 10.7. The number of thioether (sulfide) groups is 1. The third-order valence-corrected chi connectivity index (χ3v) is 3.33. The van der Waals surface area contributed by atoms with E-state index >= 15 is 0 Å². The summed E-state index contributed by atoms with van der Waals surface area (Å²) in [4.78, 5) is 11.3. The first-order valence-corrected chi connectivity index (χ1v) is 6.73. The number of hydrogen-bond donors (Lipinski definition) is 0. The van der Waals surface area contributed by atoms with Gasteiger partial charge in [0.15, 0.2) is 0 Å². The largest absolute Gasteiger partial charge is 0.496 e. The number of allylic oxidation sites excluding steroid dienone is 1. The summed E-state index contributed by atoms with van der Waals surface area (Å²) in [5.41, 5.74) is 0.618. The third kappa shape index (κ3) is 3.89. The van der Waals surface area contributed by atoms with Gasteiger partial charge in [-0.15, -0.1) is 11.8 Å². The van der Waals surface area contributed by atoms with Gasteiger partial charge in [0.2, 0.25) is 5.70 Å². The monoisotopic (exact) mass is 283 g/mol. The van der Waals surface area contributed by atoms with Crippen molar-refractivity contribution >= 4 is 17.8 Å². The maximum absolute atomic E-state index is 10.7. The van der Waals surface area contributed by atoms with Gasteiger partial charge < -0.3 is 9.47 Å². The van der Waals surface area contributed by atoms with Gasteiger partial charge in [-0.25, -0.2) is 0 Å². The number of nitro groups is 1. The van der Waals surface area contributed by atoms with Crippen molar-refractivity contribution < 1.29 is 14.4 Å². The fraction of sp³-hybridized carbons (Fsp3) is 0.385. The first-order valence-electron chi connectivity index (χ1n) is 5.75. The van der Waals surface area contributed by atoms with Gasteiger partial charge in [0, 0.05) is 17.9 Å². The summed E-state index contributed by atoms with van der Waals surface area (Å²) < 4.78 is 10.6. The average Bonchev–Trinajstić information content (AvgIpc) is 2.39. The standard InChI is InChI=1S/C13H17NO4S/c1-5-19-10-7-12(17-3)11(13(8-10)18-4)6-9(2)14(15)16/h6-8H,5H2,1-4H3. The van der Waals surface area contributed by atoms with E-state index in [0.29, 0.717) is 17.1 Å². The van der Waals surface area contributed by atoms with E-state index in [1.165, 1.54) is 27.2 Å². The van der Waals surface area contributed by atoms with E-state index in [2.05, 4.69) is 0 Å². The number of ether oxygens (including phenoxy) is 2. The highest BCUT2D eigenvalue weighted by molar-refractivity contribution is 7.99. The van der Waals surface area contributed by atoms with Crippen LogP contribution in [-0.4, -0.2) is 24.9 Å². The van der Waals surface area contributed by atoms with Gasteiger partial charge >= 0.3 is 0 Å². The van der Waals surface area contributed by atoms with Crippen molar-refractivity contribution in [1.29, 1.82) is 0 Å². The lowest BCUT2D eigenvalue weighted by Gasteiger charge is -2.12. The predicted molar refractivity (Wildman–Crippen MR) is 76.6 cm³/mol. The Hall–Kier alpha value is -1.69. The second-order valence-corrected chi connectivity index (χ2v) is 5.05. The Morgan fingerprint density at radius 2 is 1.89 bits per heavy atom. The summed E-state index contributed by atoms with van der Waals surface area (Å²) in [5, 5.41) is 10.7. The lowest BCUT2D eigenvalue weighted by Crippen LogP contribution is -1.97. The first kappa shape index (κ1) is 15.4. The molecular weight excluding hydrogens is 266 g/mol. The molecule has 1 rings (SSSR count). The quantitative estimate of drug-likeness (QED) is 0.454. The molecule has 1 aromatic carbocycles. The molecule has 0 heterocycles. The number of benzene rings is 1. The van der Waals surface area contributed by atoms with Gasteiger partial charge in [-0.2, -0.15) is 0 Å². The molecule has 0 unspecified atom stereocenters. The van der Waals surface area contributed by atoms with Crippen LogP contribution in [0.5, 0.6) is 11.5 Å². The Balaban J connectivity index is 3.36. The van der Waals surface area contributed by atoms with Crippen LogP contribution in [0.3, 0.4) is 0 Å². The van der Waals surface area contributed by atoms with Crippen LogP contribution in [0.1, 0.15) is 19.4 Å². The van der Waals surface area contributed by atoms with Crippen molar-refractivity contribution in [2.45, 2.75) is 18.7 Å². The van der Waals surface area contributed by atoms with Gasteiger partial charge in [0.1, 0.15) is 11.5 Å². The van der Waals surface area contributed by atoms with Crippen LogP contribution < -0.4 is 9.47 Å². The van der Waals surface area contributed by atoms with Crippen molar-refractivity contribution in [2.24, 2.45) is 0 Å². The summed E-state index contributed by atoms with van der Waals surface area (Å²) in [7, 11) is 3.07. The van der Waals surface area contributed by atoms with Gasteiger partial charge in [-0.3, -0.25) is 10.1 Å². The van der Waals surface area contributed by atoms with Crippen LogP contribution in [0.4, 0.5) is 0 Å². The minimum Gasteiger partial charge on any atom is -0.496 e. The highest BCUT2D eigenvalue weighted by atomic mass is 32.2. The fourth-order valence-corrected chi connectivity index (χ4v) is 2.28. The molecule has 104 valence electrons. The molecular formula is C13H17NO4S. The molecule has 0 aromatic heterocycles. The van der Waals surface area contributed by atoms with Gasteiger partial charge in [0.05, 0.1) is 24.7 Å². The smallest absolute Gasteiger partial charge is 0.244 e. The molecule has 0 atom stereocenters. The molecule has 0 amide bonds. The van der Waals surface area contributed by atoms with Crippen LogP contribution >= 0.6 is 11.8 Å². The Kier molecular flexibility index (Phi) is 5.69. The van der Waals surface area contributed by atoms with Crippen LogP contribution in [0.15, 0.2) is 22.7 Å². The molecule has 0 radical (unpaired) electrons. The van der Waals surface area contributed by atoms with E-state index in [-0.39, 0.29) is 5.70 Å². The molecule has 0 spiro atoms. The lowest BCUT2D eigenvalue weighted by molar-refractivity contribution is -0.422. The zero-order valence-electron chi connectivity index (χ0n) is 11.4. The summed E-state index contributed by atoms with van der Waals surface area (Å²) >= 11 is 1.65. The van der Waals surface area contributed by atoms with E-state index in [1.807, 2.05) is 19.1 Å². The Morgan fingerprint density at radius 1 is 1.37 bits per heavy atom. The lowest BCUT2D eigenvalue weighted by atomic mass is 10.1. The second-order valence-electron chi connectivity index (χ2n) is 3.72. The first-order chi connectivity index (χ1) is 9.03. The summed E-state index contributed by atoms with van der Waals surface area (Å²) in [6, 6.07) is 3.71. The molecule has 1 aromatic rings. The maximum Gasteiger partial charge on any atom is 0.244 e. The van der Waals surface area contributed by atoms with E-state index < -0.39 is 4.92 Å². The van der Waals surface area contributed by atoms with Crippen molar-refractivity contribution in [1.82, 2.24) is 0 Å².